The monoisotopic (exact) mass is 629 g/mol. The average Bonchev–Trinajstić information content (AvgIpc) is 3.69. The Hall–Kier alpha value is -4.28. The minimum atomic E-state index is -1.23. The number of β-amino-alcohol motifs (C(OH)–C–C–N with tert-alkyl or cyclic N) is 1. The first-order valence-corrected chi connectivity index (χ1v) is 15.9. The van der Waals surface area contributed by atoms with Gasteiger partial charge >= 0.3 is 5.97 Å². The smallest absolute Gasteiger partial charge is 0.306 e. The van der Waals surface area contributed by atoms with Crippen molar-refractivity contribution < 1.29 is 33.8 Å². The number of carbonyl (C=O) groups excluding carboxylic acids is 4. The minimum absolute atomic E-state index is 0.0715. The van der Waals surface area contributed by atoms with Gasteiger partial charge in [-0.2, -0.15) is 0 Å². The van der Waals surface area contributed by atoms with Gasteiger partial charge in [-0.15, -0.1) is 13.2 Å². The van der Waals surface area contributed by atoms with Crippen molar-refractivity contribution in [1.29, 1.82) is 0 Å². The Morgan fingerprint density at radius 2 is 1.93 bits per heavy atom. The number of nitrogens with one attached hydrogen (secondary N) is 1. The van der Waals surface area contributed by atoms with E-state index in [0.717, 1.165) is 16.7 Å². The second kappa shape index (κ2) is 14.0. The topological polar surface area (TPSA) is 125 Å². The molecule has 3 aliphatic rings. The molecule has 6 atom stereocenters. The van der Waals surface area contributed by atoms with Gasteiger partial charge in [-0.05, 0) is 55.9 Å². The van der Waals surface area contributed by atoms with E-state index < -0.39 is 47.5 Å². The lowest BCUT2D eigenvalue weighted by Gasteiger charge is -2.37. The molecular weight excluding hydrogens is 586 g/mol. The lowest BCUT2D eigenvalue weighted by molar-refractivity contribution is -0.146. The number of rotatable bonds is 14. The quantitative estimate of drug-likeness (QED) is 0.242. The Balaban J connectivity index is 1.45. The normalized spacial score (nSPS) is 25.1. The summed E-state index contributed by atoms with van der Waals surface area (Å²) < 4.78 is 12.1. The molecule has 2 aromatic carbocycles. The number of fused-ring (bicyclic) bond motifs is 1. The summed E-state index contributed by atoms with van der Waals surface area (Å²) >= 11 is 0. The zero-order valence-electron chi connectivity index (χ0n) is 26.5. The molecule has 244 valence electrons. The van der Waals surface area contributed by atoms with Crippen LogP contribution in [0.1, 0.15) is 48.4 Å². The number of aliphatic hydroxyl groups excluding tert-OH is 1. The molecule has 46 heavy (non-hydrogen) atoms. The van der Waals surface area contributed by atoms with Gasteiger partial charge in [-0.1, -0.05) is 54.6 Å². The van der Waals surface area contributed by atoms with Crippen LogP contribution in [0.2, 0.25) is 0 Å². The molecular formula is C36H43N3O7. The standard InChI is InChI=1S/C36H43N3O7/c1-5-7-13-29(41)45-22-26(25-11-9-8-10-12-25)37-33(42)30-28-16-17-36(46-28)31(30)34(43)39(19-20-40)32(36)35(44)38(18-6-2)27-21-23(3)14-15-24(27)4/h5-6,8-12,14-15,21,26,28,30-32,40H,1-2,7,13,16-20,22H2,3-4H3,(H,37,42)/t26-,28-,30+,31+,32-,36+/m1/s1. The van der Waals surface area contributed by atoms with Gasteiger partial charge < -0.3 is 29.7 Å². The number of nitrogens with zero attached hydrogens (tertiary/aromatic N) is 2. The third kappa shape index (κ3) is 6.11. The van der Waals surface area contributed by atoms with Crippen LogP contribution in [-0.2, 0) is 28.7 Å². The van der Waals surface area contributed by atoms with Gasteiger partial charge in [0.2, 0.25) is 11.8 Å². The lowest BCUT2D eigenvalue weighted by Crippen LogP contribution is -2.57. The molecule has 0 saturated carbocycles. The van der Waals surface area contributed by atoms with E-state index in [1.165, 1.54) is 4.90 Å². The first-order valence-electron chi connectivity index (χ1n) is 15.9. The summed E-state index contributed by atoms with van der Waals surface area (Å²) in [5.41, 5.74) is 2.08. The largest absolute Gasteiger partial charge is 0.463 e. The maximum Gasteiger partial charge on any atom is 0.306 e. The summed E-state index contributed by atoms with van der Waals surface area (Å²) in [6, 6.07) is 13.3. The van der Waals surface area contributed by atoms with Crippen LogP contribution in [0.15, 0.2) is 73.8 Å². The Morgan fingerprint density at radius 1 is 1.17 bits per heavy atom. The van der Waals surface area contributed by atoms with Gasteiger partial charge in [0.15, 0.2) is 0 Å². The van der Waals surface area contributed by atoms with Crippen LogP contribution in [0.5, 0.6) is 0 Å². The van der Waals surface area contributed by atoms with Crippen LogP contribution in [-0.4, -0.2) is 77.7 Å². The van der Waals surface area contributed by atoms with E-state index in [2.05, 4.69) is 18.5 Å². The van der Waals surface area contributed by atoms with Gasteiger partial charge in [0, 0.05) is 25.2 Å². The fraction of sp³-hybridized carbons (Fsp3) is 0.444. The number of carbonyl (C=O) groups is 4. The maximum atomic E-state index is 14.6. The van der Waals surface area contributed by atoms with Gasteiger partial charge in [-0.3, -0.25) is 19.2 Å². The molecule has 2 bridgehead atoms. The van der Waals surface area contributed by atoms with Crippen LogP contribution in [0.3, 0.4) is 0 Å². The van der Waals surface area contributed by atoms with Gasteiger partial charge in [0.25, 0.3) is 5.91 Å². The molecule has 3 amide bonds. The number of aliphatic hydroxyl groups is 1. The molecule has 2 aromatic rings. The van der Waals surface area contributed by atoms with Crippen molar-refractivity contribution in [2.45, 2.75) is 63.3 Å². The number of hydrogen-bond acceptors (Lipinski definition) is 7. The van der Waals surface area contributed by atoms with Crippen molar-refractivity contribution in [1.82, 2.24) is 10.2 Å². The van der Waals surface area contributed by atoms with E-state index in [1.54, 1.807) is 17.1 Å². The molecule has 0 aliphatic carbocycles. The summed E-state index contributed by atoms with van der Waals surface area (Å²) in [6.07, 6.45) is 4.28. The molecule has 5 rings (SSSR count). The zero-order valence-corrected chi connectivity index (χ0v) is 26.5. The highest BCUT2D eigenvalue weighted by atomic mass is 16.5. The highest BCUT2D eigenvalue weighted by molar-refractivity contribution is 6.05. The molecule has 0 unspecified atom stereocenters. The van der Waals surface area contributed by atoms with Crippen LogP contribution in [0, 0.1) is 25.7 Å². The third-order valence-corrected chi connectivity index (χ3v) is 9.39. The highest BCUT2D eigenvalue weighted by Gasteiger charge is 2.74. The number of ether oxygens (including phenoxy) is 2. The van der Waals surface area contributed by atoms with Crippen LogP contribution < -0.4 is 10.2 Å². The highest BCUT2D eigenvalue weighted by Crippen LogP contribution is 2.58. The summed E-state index contributed by atoms with van der Waals surface area (Å²) in [6.45, 7) is 11.1. The summed E-state index contributed by atoms with van der Waals surface area (Å²) in [5, 5.41) is 13.0. The van der Waals surface area contributed by atoms with E-state index in [4.69, 9.17) is 9.47 Å². The van der Waals surface area contributed by atoms with Gasteiger partial charge in [-0.25, -0.2) is 0 Å². The minimum Gasteiger partial charge on any atom is -0.463 e. The Morgan fingerprint density at radius 3 is 2.63 bits per heavy atom. The predicted octanol–water partition coefficient (Wildman–Crippen LogP) is 3.56. The molecule has 3 heterocycles. The summed E-state index contributed by atoms with van der Waals surface area (Å²) in [5.74, 6) is -3.32. The number of aryl methyl sites for hydroxylation is 2. The van der Waals surface area contributed by atoms with E-state index in [-0.39, 0.29) is 44.5 Å². The molecule has 0 radical (unpaired) electrons. The van der Waals surface area contributed by atoms with Crippen LogP contribution in [0.4, 0.5) is 5.69 Å². The second-order valence-electron chi connectivity index (χ2n) is 12.3. The number of esters is 1. The van der Waals surface area contributed by atoms with Crippen LogP contribution in [0.25, 0.3) is 0 Å². The fourth-order valence-electron chi connectivity index (χ4n) is 7.32. The summed E-state index contributed by atoms with van der Waals surface area (Å²) in [7, 11) is 0. The molecule has 3 fully saturated rings. The predicted molar refractivity (Wildman–Crippen MR) is 173 cm³/mol. The Kier molecular flexibility index (Phi) is 10.1. The Bertz CT molecular complexity index is 1490. The SMILES string of the molecule is C=CCCC(=O)OC[C@@H](NC(=O)[C@@H]1[C@H]2C(=O)N(CCO)[C@H](C(=O)N(CC=C)c3cc(C)ccc3C)[C@]23CC[C@H]1O3)c1ccccc1. The first kappa shape index (κ1) is 33.1. The number of benzene rings is 2. The van der Waals surface area contributed by atoms with E-state index in [9.17, 15) is 24.3 Å². The van der Waals surface area contributed by atoms with Crippen molar-refractivity contribution in [3.05, 3.63) is 90.5 Å². The first-order chi connectivity index (χ1) is 22.2. The Labute approximate surface area is 270 Å². The second-order valence-corrected chi connectivity index (χ2v) is 12.3. The number of anilines is 1. The van der Waals surface area contributed by atoms with E-state index >= 15 is 0 Å². The van der Waals surface area contributed by atoms with Crippen molar-refractivity contribution in [3.8, 4) is 0 Å². The lowest BCUT2D eigenvalue weighted by atomic mass is 9.70. The van der Waals surface area contributed by atoms with Gasteiger partial charge in [0.1, 0.15) is 18.2 Å². The van der Waals surface area contributed by atoms with Crippen molar-refractivity contribution in [2.24, 2.45) is 11.8 Å². The maximum absolute atomic E-state index is 14.6. The molecule has 3 aliphatic heterocycles. The molecule has 2 N–H and O–H groups in total. The fourth-order valence-corrected chi connectivity index (χ4v) is 7.32. The van der Waals surface area contributed by atoms with Crippen LogP contribution >= 0.6 is 0 Å². The van der Waals surface area contributed by atoms with E-state index in [0.29, 0.717) is 24.9 Å². The number of amides is 3. The average molecular weight is 630 g/mol. The van der Waals surface area contributed by atoms with Crippen molar-refractivity contribution >= 4 is 29.4 Å². The zero-order chi connectivity index (χ0) is 33.0. The van der Waals surface area contributed by atoms with Crippen molar-refractivity contribution in [2.75, 3.05) is 31.2 Å². The molecule has 3 saturated heterocycles. The number of allylic oxidation sites excluding steroid dienone is 1. The molecule has 10 heteroatoms. The van der Waals surface area contributed by atoms with E-state index in [1.807, 2.05) is 62.4 Å². The third-order valence-electron chi connectivity index (χ3n) is 9.39. The van der Waals surface area contributed by atoms with Gasteiger partial charge in [0.05, 0.1) is 30.6 Å². The number of hydrogen-bond donors (Lipinski definition) is 2. The summed E-state index contributed by atoms with van der Waals surface area (Å²) in [4.78, 5) is 58.2. The molecule has 0 aromatic heterocycles. The molecule has 10 nitrogen and oxygen atoms in total. The molecule has 1 spiro atoms. The van der Waals surface area contributed by atoms with Crippen molar-refractivity contribution in [3.63, 3.8) is 0 Å². The number of likely N-dealkylation sites (tertiary alicyclic amines) is 1.